The molecule has 8 heteroatoms. The summed E-state index contributed by atoms with van der Waals surface area (Å²) in [6.07, 6.45) is 6.08. The summed E-state index contributed by atoms with van der Waals surface area (Å²) in [5.41, 5.74) is 0. The van der Waals surface area contributed by atoms with Crippen LogP contribution in [0, 0.1) is 6.92 Å². The molecule has 152 valence electrons. The molecule has 1 saturated heterocycles. The number of amides is 1. The maximum Gasteiger partial charge on any atom is 0.234 e. The highest BCUT2D eigenvalue weighted by Crippen LogP contribution is 2.03. The van der Waals surface area contributed by atoms with Crippen molar-refractivity contribution in [2.24, 2.45) is 4.99 Å². The highest BCUT2D eigenvalue weighted by molar-refractivity contribution is 5.80. The van der Waals surface area contributed by atoms with Crippen LogP contribution in [0.15, 0.2) is 17.4 Å². The lowest BCUT2D eigenvalue weighted by Crippen LogP contribution is -2.54. The normalized spacial score (nSPS) is 16.0. The van der Waals surface area contributed by atoms with Crippen LogP contribution < -0.4 is 10.6 Å². The summed E-state index contributed by atoms with van der Waals surface area (Å²) in [6.45, 7) is 12.0. The van der Waals surface area contributed by atoms with Crippen LogP contribution in [0.5, 0.6) is 0 Å². The Balaban J connectivity index is 1.63. The third-order valence-electron chi connectivity index (χ3n) is 4.73. The molecule has 0 unspecified atom stereocenters. The summed E-state index contributed by atoms with van der Waals surface area (Å²) in [6, 6.07) is 0.194. The van der Waals surface area contributed by atoms with Gasteiger partial charge in [0, 0.05) is 64.8 Å². The zero-order valence-electron chi connectivity index (χ0n) is 17.2. The molecule has 0 saturated carbocycles. The minimum absolute atomic E-state index is 0.106. The average molecular weight is 378 g/mol. The lowest BCUT2D eigenvalue weighted by atomic mass is 10.3. The monoisotopic (exact) mass is 377 g/mol. The van der Waals surface area contributed by atoms with E-state index in [1.807, 2.05) is 40.2 Å². The van der Waals surface area contributed by atoms with Gasteiger partial charge in [-0.05, 0) is 33.6 Å². The third-order valence-corrected chi connectivity index (χ3v) is 4.73. The first-order chi connectivity index (χ1) is 13.0. The molecule has 8 nitrogen and oxygen atoms in total. The molecule has 0 bridgehead atoms. The van der Waals surface area contributed by atoms with Crippen molar-refractivity contribution >= 4 is 11.9 Å². The highest BCUT2D eigenvalue weighted by atomic mass is 16.2. The van der Waals surface area contributed by atoms with Gasteiger partial charge in [0.1, 0.15) is 5.82 Å². The Morgan fingerprint density at radius 2 is 2.00 bits per heavy atom. The Hall–Kier alpha value is -2.09. The van der Waals surface area contributed by atoms with Crippen LogP contribution in [-0.4, -0.2) is 83.6 Å². The fourth-order valence-electron chi connectivity index (χ4n) is 3.27. The van der Waals surface area contributed by atoms with Crippen molar-refractivity contribution in [2.75, 3.05) is 46.3 Å². The molecule has 0 spiro atoms. The smallest absolute Gasteiger partial charge is 0.234 e. The first-order valence-corrected chi connectivity index (χ1v) is 9.94. The Morgan fingerprint density at radius 3 is 2.59 bits per heavy atom. The number of aromatic nitrogens is 2. The molecule has 27 heavy (non-hydrogen) atoms. The molecular weight excluding hydrogens is 342 g/mol. The molecule has 2 heterocycles. The van der Waals surface area contributed by atoms with Crippen molar-refractivity contribution in [3.8, 4) is 0 Å². The van der Waals surface area contributed by atoms with E-state index in [-0.39, 0.29) is 11.9 Å². The van der Waals surface area contributed by atoms with Crippen LogP contribution in [-0.2, 0) is 11.3 Å². The van der Waals surface area contributed by atoms with Gasteiger partial charge >= 0.3 is 0 Å². The van der Waals surface area contributed by atoms with Crippen molar-refractivity contribution in [2.45, 2.75) is 46.2 Å². The number of carbonyl (C=O) groups excluding carboxylic acids is 1. The number of unbranched alkanes of at least 4 members (excludes halogenated alkanes) is 1. The lowest BCUT2D eigenvalue weighted by molar-refractivity contribution is -0.123. The zero-order chi connectivity index (χ0) is 19.6. The second-order valence-corrected chi connectivity index (χ2v) is 7.33. The van der Waals surface area contributed by atoms with Crippen molar-refractivity contribution in [3.63, 3.8) is 0 Å². The van der Waals surface area contributed by atoms with Crippen molar-refractivity contribution in [1.29, 1.82) is 0 Å². The molecule has 0 aliphatic carbocycles. The van der Waals surface area contributed by atoms with E-state index >= 15 is 0 Å². The summed E-state index contributed by atoms with van der Waals surface area (Å²) in [4.78, 5) is 25.0. The maximum absolute atomic E-state index is 11.9. The van der Waals surface area contributed by atoms with Crippen LogP contribution in [0.3, 0.4) is 0 Å². The Labute approximate surface area is 163 Å². The number of nitrogens with zero attached hydrogens (tertiary/aromatic N) is 5. The van der Waals surface area contributed by atoms with Gasteiger partial charge in [-0.25, -0.2) is 4.98 Å². The largest absolute Gasteiger partial charge is 0.356 e. The second-order valence-electron chi connectivity index (χ2n) is 7.33. The van der Waals surface area contributed by atoms with Gasteiger partial charge in [0.05, 0.1) is 6.54 Å². The van der Waals surface area contributed by atoms with E-state index < -0.39 is 0 Å². The van der Waals surface area contributed by atoms with E-state index in [1.54, 1.807) is 0 Å². The molecule has 1 aliphatic rings. The number of imidazole rings is 1. The van der Waals surface area contributed by atoms with Crippen LogP contribution in [0.4, 0.5) is 0 Å². The predicted octanol–water partition coefficient (Wildman–Crippen LogP) is 0.689. The molecule has 1 fully saturated rings. The Kier molecular flexibility index (Phi) is 8.57. The average Bonchev–Trinajstić information content (AvgIpc) is 3.03. The van der Waals surface area contributed by atoms with Gasteiger partial charge in [0.25, 0.3) is 0 Å². The quantitative estimate of drug-likeness (QED) is 0.396. The van der Waals surface area contributed by atoms with Crippen LogP contribution in [0.2, 0.25) is 0 Å². The van der Waals surface area contributed by atoms with E-state index in [0.717, 1.165) is 63.9 Å². The molecule has 1 amide bonds. The number of piperazine rings is 1. The van der Waals surface area contributed by atoms with Crippen LogP contribution in [0.25, 0.3) is 0 Å². The van der Waals surface area contributed by atoms with E-state index in [9.17, 15) is 4.79 Å². The standard InChI is InChI=1S/C19H35N7O/c1-16(2)23-18(27)15-24-11-13-26(14-12-24)19(20-4)22-7-5-6-9-25-10-8-21-17(25)3/h8,10,16H,5-7,9,11-15H2,1-4H3,(H,20,22)(H,23,27). The molecule has 1 aromatic rings. The minimum Gasteiger partial charge on any atom is -0.356 e. The molecule has 0 radical (unpaired) electrons. The number of hydrogen-bond donors (Lipinski definition) is 2. The van der Waals surface area contributed by atoms with E-state index in [1.165, 1.54) is 0 Å². The predicted molar refractivity (Wildman–Crippen MR) is 109 cm³/mol. The summed E-state index contributed by atoms with van der Waals surface area (Å²) in [5.74, 6) is 2.13. The third kappa shape index (κ3) is 7.21. The van der Waals surface area contributed by atoms with Gasteiger partial charge in [-0.2, -0.15) is 0 Å². The fourth-order valence-corrected chi connectivity index (χ4v) is 3.27. The van der Waals surface area contributed by atoms with Crippen molar-refractivity contribution in [3.05, 3.63) is 18.2 Å². The first kappa shape index (κ1) is 21.2. The summed E-state index contributed by atoms with van der Waals surface area (Å²) in [5, 5.41) is 6.42. The molecule has 0 atom stereocenters. The first-order valence-electron chi connectivity index (χ1n) is 9.94. The van der Waals surface area contributed by atoms with Gasteiger partial charge in [0.2, 0.25) is 5.91 Å². The fraction of sp³-hybridized carbons (Fsp3) is 0.737. The SMILES string of the molecule is CN=C(NCCCCn1ccnc1C)N1CCN(CC(=O)NC(C)C)CC1. The second kappa shape index (κ2) is 10.9. The number of rotatable bonds is 8. The molecule has 0 aromatic carbocycles. The Morgan fingerprint density at radius 1 is 1.26 bits per heavy atom. The van der Waals surface area contributed by atoms with Crippen molar-refractivity contribution in [1.82, 2.24) is 30.0 Å². The number of aryl methyl sites for hydroxylation is 2. The van der Waals surface area contributed by atoms with Gasteiger partial charge < -0.3 is 20.1 Å². The summed E-state index contributed by atoms with van der Waals surface area (Å²) >= 11 is 0. The van der Waals surface area contributed by atoms with E-state index in [4.69, 9.17) is 0 Å². The number of aliphatic imine (C=N–C) groups is 1. The zero-order valence-corrected chi connectivity index (χ0v) is 17.2. The molecule has 1 aliphatic heterocycles. The van der Waals surface area contributed by atoms with Crippen LogP contribution >= 0.6 is 0 Å². The number of carbonyl (C=O) groups is 1. The van der Waals surface area contributed by atoms with Gasteiger partial charge in [-0.3, -0.25) is 14.7 Å². The molecule has 1 aromatic heterocycles. The van der Waals surface area contributed by atoms with Gasteiger partial charge in [-0.15, -0.1) is 0 Å². The van der Waals surface area contributed by atoms with E-state index in [0.29, 0.717) is 6.54 Å². The van der Waals surface area contributed by atoms with Crippen molar-refractivity contribution < 1.29 is 4.79 Å². The van der Waals surface area contributed by atoms with Gasteiger partial charge in [0.15, 0.2) is 5.96 Å². The Bertz CT molecular complexity index is 603. The van der Waals surface area contributed by atoms with Gasteiger partial charge in [-0.1, -0.05) is 0 Å². The highest BCUT2D eigenvalue weighted by Gasteiger charge is 2.21. The minimum atomic E-state index is 0.106. The summed E-state index contributed by atoms with van der Waals surface area (Å²) < 4.78 is 2.18. The molecule has 2 rings (SSSR count). The summed E-state index contributed by atoms with van der Waals surface area (Å²) in [7, 11) is 1.83. The van der Waals surface area contributed by atoms with Crippen LogP contribution in [0.1, 0.15) is 32.5 Å². The molecule has 2 N–H and O–H groups in total. The maximum atomic E-state index is 11.9. The lowest BCUT2D eigenvalue weighted by Gasteiger charge is -2.36. The van der Waals surface area contributed by atoms with E-state index in [2.05, 4.69) is 35.0 Å². The number of hydrogen-bond acceptors (Lipinski definition) is 4. The number of nitrogens with one attached hydrogen (secondary N) is 2. The number of guanidine groups is 1. The molecular formula is C19H35N7O. The topological polar surface area (TPSA) is 77.8 Å².